The maximum atomic E-state index is 12.2. The zero-order chi connectivity index (χ0) is 14.8. The Bertz CT molecular complexity index is 693. The molecule has 1 atom stereocenters. The van der Waals surface area contributed by atoms with Gasteiger partial charge in [0.2, 0.25) is 0 Å². The van der Waals surface area contributed by atoms with Gasteiger partial charge in [-0.1, -0.05) is 51.8 Å². The lowest BCUT2D eigenvalue weighted by Crippen LogP contribution is -2.10. The van der Waals surface area contributed by atoms with Crippen molar-refractivity contribution in [2.45, 2.75) is 24.8 Å². The molecule has 0 aliphatic rings. The standard InChI is InChI=1S/C15H15BrO3S/c1-11-7-9-13(10-8-11)20(17,18)19-12(2)14-5-3-4-6-15(14)16/h3-10,12H,1-2H3. The van der Waals surface area contributed by atoms with Gasteiger partial charge < -0.3 is 0 Å². The van der Waals surface area contributed by atoms with E-state index in [9.17, 15) is 8.42 Å². The molecule has 2 aromatic rings. The van der Waals surface area contributed by atoms with Crippen molar-refractivity contribution >= 4 is 26.0 Å². The fourth-order valence-electron chi connectivity index (χ4n) is 1.81. The van der Waals surface area contributed by atoms with Crippen LogP contribution in [0.2, 0.25) is 0 Å². The Morgan fingerprint density at radius 3 is 2.25 bits per heavy atom. The van der Waals surface area contributed by atoms with Crippen LogP contribution in [-0.2, 0) is 14.3 Å². The Labute approximate surface area is 127 Å². The second kappa shape index (κ2) is 6.08. The first-order valence-electron chi connectivity index (χ1n) is 6.14. The minimum Gasteiger partial charge on any atom is -0.258 e. The zero-order valence-electron chi connectivity index (χ0n) is 11.2. The highest BCUT2D eigenvalue weighted by Gasteiger charge is 2.21. The molecule has 0 saturated heterocycles. The van der Waals surface area contributed by atoms with Crippen molar-refractivity contribution in [2.24, 2.45) is 0 Å². The monoisotopic (exact) mass is 354 g/mol. The Morgan fingerprint density at radius 1 is 1.05 bits per heavy atom. The molecule has 5 heteroatoms. The van der Waals surface area contributed by atoms with Crippen molar-refractivity contribution in [3.8, 4) is 0 Å². The summed E-state index contributed by atoms with van der Waals surface area (Å²) in [7, 11) is -3.76. The molecule has 1 unspecified atom stereocenters. The number of rotatable bonds is 4. The minimum atomic E-state index is -3.76. The van der Waals surface area contributed by atoms with Gasteiger partial charge in [-0.2, -0.15) is 8.42 Å². The van der Waals surface area contributed by atoms with E-state index in [1.165, 1.54) is 0 Å². The average Bonchev–Trinajstić information content (AvgIpc) is 2.39. The van der Waals surface area contributed by atoms with Gasteiger partial charge in [0.25, 0.3) is 10.1 Å². The average molecular weight is 355 g/mol. The first kappa shape index (κ1) is 15.2. The summed E-state index contributed by atoms with van der Waals surface area (Å²) in [4.78, 5) is 0.169. The number of aryl methyl sites for hydroxylation is 1. The van der Waals surface area contributed by atoms with Gasteiger partial charge in [-0.15, -0.1) is 0 Å². The molecule has 20 heavy (non-hydrogen) atoms. The molecule has 106 valence electrons. The molecule has 0 spiro atoms. The Morgan fingerprint density at radius 2 is 1.65 bits per heavy atom. The first-order valence-corrected chi connectivity index (χ1v) is 8.34. The van der Waals surface area contributed by atoms with E-state index in [4.69, 9.17) is 4.18 Å². The maximum absolute atomic E-state index is 12.2. The molecule has 2 aromatic carbocycles. The lowest BCUT2D eigenvalue weighted by Gasteiger charge is -2.15. The minimum absolute atomic E-state index is 0.169. The number of halogens is 1. The smallest absolute Gasteiger partial charge is 0.258 e. The largest absolute Gasteiger partial charge is 0.297 e. The van der Waals surface area contributed by atoms with Gasteiger partial charge in [-0.3, -0.25) is 4.18 Å². The predicted molar refractivity (Wildman–Crippen MR) is 82.0 cm³/mol. The molecule has 0 aliphatic heterocycles. The molecule has 3 nitrogen and oxygen atoms in total. The van der Waals surface area contributed by atoms with Crippen molar-refractivity contribution in [3.05, 3.63) is 64.1 Å². The molecule has 0 radical (unpaired) electrons. The van der Waals surface area contributed by atoms with E-state index in [2.05, 4.69) is 15.9 Å². The van der Waals surface area contributed by atoms with Gasteiger partial charge in [-0.25, -0.2) is 0 Å². The molecule has 0 N–H and O–H groups in total. The summed E-state index contributed by atoms with van der Waals surface area (Å²) in [5, 5.41) is 0. The van der Waals surface area contributed by atoms with Crippen LogP contribution in [0.15, 0.2) is 57.9 Å². The third-order valence-corrected chi connectivity index (χ3v) is 5.04. The SMILES string of the molecule is Cc1ccc(S(=O)(=O)OC(C)c2ccccc2Br)cc1. The zero-order valence-corrected chi connectivity index (χ0v) is 13.6. The maximum Gasteiger partial charge on any atom is 0.297 e. The summed E-state index contributed by atoms with van der Waals surface area (Å²) < 4.78 is 30.5. The molecule has 0 saturated carbocycles. The lowest BCUT2D eigenvalue weighted by atomic mass is 10.1. The van der Waals surface area contributed by atoms with Gasteiger partial charge >= 0.3 is 0 Å². The van der Waals surface area contributed by atoms with Crippen LogP contribution < -0.4 is 0 Å². The van der Waals surface area contributed by atoms with E-state index in [1.807, 2.05) is 31.2 Å². The van der Waals surface area contributed by atoms with E-state index in [-0.39, 0.29) is 4.90 Å². The van der Waals surface area contributed by atoms with Crippen LogP contribution in [0.1, 0.15) is 24.2 Å². The van der Waals surface area contributed by atoms with Crippen LogP contribution >= 0.6 is 15.9 Å². The predicted octanol–water partition coefficient (Wildman–Crippen LogP) is 4.22. The van der Waals surface area contributed by atoms with Crippen LogP contribution in [0.3, 0.4) is 0 Å². The fraction of sp³-hybridized carbons (Fsp3) is 0.200. The number of benzene rings is 2. The molecule has 0 amide bonds. The molecule has 0 aliphatic carbocycles. The van der Waals surface area contributed by atoms with Crippen molar-refractivity contribution in [2.75, 3.05) is 0 Å². The van der Waals surface area contributed by atoms with Gasteiger partial charge in [0.15, 0.2) is 0 Å². The summed E-state index contributed by atoms with van der Waals surface area (Å²) in [6.07, 6.45) is -0.558. The van der Waals surface area contributed by atoms with Gasteiger partial charge in [0, 0.05) is 4.47 Å². The summed E-state index contributed by atoms with van der Waals surface area (Å²) in [6, 6.07) is 14.0. The van der Waals surface area contributed by atoms with Gasteiger partial charge in [0.1, 0.15) is 6.10 Å². The Hall–Kier alpha value is -1.17. The van der Waals surface area contributed by atoms with Crippen molar-refractivity contribution in [1.29, 1.82) is 0 Å². The van der Waals surface area contributed by atoms with Crippen molar-refractivity contribution < 1.29 is 12.6 Å². The Kier molecular flexibility index (Phi) is 4.62. The van der Waals surface area contributed by atoms with Crippen molar-refractivity contribution in [1.82, 2.24) is 0 Å². The first-order chi connectivity index (χ1) is 9.40. The number of hydrogen-bond donors (Lipinski definition) is 0. The van der Waals surface area contributed by atoms with E-state index < -0.39 is 16.2 Å². The Balaban J connectivity index is 2.24. The van der Waals surface area contributed by atoms with Crippen molar-refractivity contribution in [3.63, 3.8) is 0 Å². The van der Waals surface area contributed by atoms with Crippen LogP contribution in [-0.4, -0.2) is 8.42 Å². The molecule has 0 bridgehead atoms. The lowest BCUT2D eigenvalue weighted by molar-refractivity contribution is 0.233. The summed E-state index contributed by atoms with van der Waals surface area (Å²) in [6.45, 7) is 3.62. The number of hydrogen-bond acceptors (Lipinski definition) is 3. The van der Waals surface area contributed by atoms with Gasteiger partial charge in [0.05, 0.1) is 4.90 Å². The molecule has 2 rings (SSSR count). The molecule has 0 heterocycles. The highest BCUT2D eigenvalue weighted by molar-refractivity contribution is 9.10. The highest BCUT2D eigenvalue weighted by atomic mass is 79.9. The van der Waals surface area contributed by atoms with E-state index in [1.54, 1.807) is 31.2 Å². The van der Waals surface area contributed by atoms with E-state index in [0.717, 1.165) is 15.6 Å². The second-order valence-electron chi connectivity index (χ2n) is 4.53. The summed E-state index contributed by atoms with van der Waals surface area (Å²) in [5.41, 5.74) is 1.80. The quantitative estimate of drug-likeness (QED) is 0.771. The van der Waals surface area contributed by atoms with E-state index in [0.29, 0.717) is 0 Å². The van der Waals surface area contributed by atoms with Crippen LogP contribution in [0.4, 0.5) is 0 Å². The van der Waals surface area contributed by atoms with Crippen LogP contribution in [0, 0.1) is 6.92 Å². The fourth-order valence-corrected chi connectivity index (χ4v) is 3.48. The molecule has 0 fully saturated rings. The molecular weight excluding hydrogens is 340 g/mol. The third-order valence-electron chi connectivity index (χ3n) is 2.92. The summed E-state index contributed by atoms with van der Waals surface area (Å²) >= 11 is 3.40. The van der Waals surface area contributed by atoms with Crippen LogP contribution in [0.25, 0.3) is 0 Å². The van der Waals surface area contributed by atoms with E-state index >= 15 is 0 Å². The normalized spacial score (nSPS) is 13.2. The molecular formula is C15H15BrO3S. The third kappa shape index (κ3) is 3.48. The van der Waals surface area contributed by atoms with Gasteiger partial charge in [-0.05, 0) is 37.6 Å². The second-order valence-corrected chi connectivity index (χ2v) is 6.95. The van der Waals surface area contributed by atoms with Crippen LogP contribution in [0.5, 0.6) is 0 Å². The highest BCUT2D eigenvalue weighted by Crippen LogP contribution is 2.28. The molecule has 0 aromatic heterocycles. The topological polar surface area (TPSA) is 43.4 Å². The summed E-state index contributed by atoms with van der Waals surface area (Å²) in [5.74, 6) is 0.